The van der Waals surface area contributed by atoms with Gasteiger partial charge in [0.05, 0.1) is 5.75 Å². The van der Waals surface area contributed by atoms with Crippen molar-refractivity contribution < 1.29 is 13.2 Å². The third-order valence-electron chi connectivity index (χ3n) is 2.96. The smallest absolute Gasteiger partial charge is 0.229 e. The maximum Gasteiger partial charge on any atom is 0.229 e. The van der Waals surface area contributed by atoms with Gasteiger partial charge >= 0.3 is 0 Å². The first-order valence-electron chi connectivity index (χ1n) is 6.21. The van der Waals surface area contributed by atoms with Crippen molar-refractivity contribution in [3.63, 3.8) is 0 Å². The summed E-state index contributed by atoms with van der Waals surface area (Å²) in [5, 5.41) is 14.5. The largest absolute Gasteiger partial charge is 0.286 e. The molecule has 1 atom stereocenters. The molecule has 1 saturated heterocycles. The van der Waals surface area contributed by atoms with Crippen LogP contribution in [0.4, 0.5) is 5.13 Å². The molecule has 112 valence electrons. The summed E-state index contributed by atoms with van der Waals surface area (Å²) in [7, 11) is -3.57. The van der Waals surface area contributed by atoms with E-state index in [1.54, 1.807) is 0 Å². The van der Waals surface area contributed by atoms with E-state index < -0.39 is 10.0 Å². The Balaban J connectivity index is 2.14. The fourth-order valence-electron chi connectivity index (χ4n) is 2.03. The molecule has 1 aromatic heterocycles. The average molecular weight is 318 g/mol. The van der Waals surface area contributed by atoms with Gasteiger partial charge in [0.1, 0.15) is 5.01 Å². The molecule has 2 heterocycles. The maximum absolute atomic E-state index is 12.0. The number of aromatic nitrogens is 2. The van der Waals surface area contributed by atoms with Gasteiger partial charge in [0.15, 0.2) is 0 Å². The molecule has 0 radical (unpaired) electrons. The van der Waals surface area contributed by atoms with E-state index in [-0.39, 0.29) is 29.4 Å². The van der Waals surface area contributed by atoms with E-state index in [9.17, 15) is 13.2 Å². The number of nitrogens with two attached hydrogens (primary N) is 1. The molecule has 1 aliphatic rings. The van der Waals surface area contributed by atoms with E-state index in [0.29, 0.717) is 11.7 Å². The highest BCUT2D eigenvalue weighted by atomic mass is 32.2. The van der Waals surface area contributed by atoms with Crippen LogP contribution in [0.5, 0.6) is 0 Å². The molecule has 1 unspecified atom stereocenters. The van der Waals surface area contributed by atoms with Crippen LogP contribution in [-0.4, -0.2) is 36.8 Å². The summed E-state index contributed by atoms with van der Waals surface area (Å²) in [6.07, 6.45) is 0.181. The Hall–Kier alpha value is -1.06. The maximum atomic E-state index is 12.0. The summed E-state index contributed by atoms with van der Waals surface area (Å²) in [4.78, 5) is 13.5. The molecule has 2 N–H and O–H groups in total. The molecule has 0 aromatic carbocycles. The molecule has 1 fully saturated rings. The van der Waals surface area contributed by atoms with Crippen LogP contribution in [0.15, 0.2) is 0 Å². The molecule has 20 heavy (non-hydrogen) atoms. The van der Waals surface area contributed by atoms with Crippen LogP contribution in [-0.2, 0) is 20.2 Å². The third-order valence-corrected chi connectivity index (χ3v) is 5.27. The average Bonchev–Trinajstić information content (AvgIpc) is 2.81. The minimum Gasteiger partial charge on any atom is -0.286 e. The second-order valence-corrected chi connectivity index (χ2v) is 8.66. The lowest BCUT2D eigenvalue weighted by atomic mass is 9.98. The number of nitrogens with zero attached hydrogens (tertiary/aromatic N) is 3. The Labute approximate surface area is 122 Å². The first-order valence-corrected chi connectivity index (χ1v) is 8.74. The van der Waals surface area contributed by atoms with Crippen LogP contribution in [0.3, 0.4) is 0 Å². The number of hydrogen-bond donors (Lipinski definition) is 1. The highest BCUT2D eigenvalue weighted by Crippen LogP contribution is 2.32. The molecule has 0 saturated carbocycles. The number of primary sulfonamides is 1. The van der Waals surface area contributed by atoms with Crippen molar-refractivity contribution in [2.24, 2.45) is 11.1 Å². The molecular weight excluding hydrogens is 300 g/mol. The molecule has 1 aliphatic heterocycles. The highest BCUT2D eigenvalue weighted by Gasteiger charge is 2.35. The first-order chi connectivity index (χ1) is 9.06. The minimum absolute atomic E-state index is 0.126. The van der Waals surface area contributed by atoms with Gasteiger partial charge in [-0.15, -0.1) is 10.2 Å². The predicted octanol–water partition coefficient (Wildman–Crippen LogP) is 0.477. The zero-order valence-corrected chi connectivity index (χ0v) is 13.3. The normalized spacial score (nSPS) is 20.7. The van der Waals surface area contributed by atoms with Crippen LogP contribution in [0.2, 0.25) is 0 Å². The van der Waals surface area contributed by atoms with Crippen molar-refractivity contribution in [3.8, 4) is 0 Å². The highest BCUT2D eigenvalue weighted by molar-refractivity contribution is 7.89. The van der Waals surface area contributed by atoms with Crippen molar-refractivity contribution in [2.45, 2.75) is 32.6 Å². The second-order valence-electron chi connectivity index (χ2n) is 6.04. The van der Waals surface area contributed by atoms with Gasteiger partial charge in [-0.25, -0.2) is 13.6 Å². The van der Waals surface area contributed by atoms with Crippen molar-refractivity contribution in [1.29, 1.82) is 0 Å². The first kappa shape index (κ1) is 15.3. The summed E-state index contributed by atoms with van der Waals surface area (Å²) >= 11 is 1.36. The van der Waals surface area contributed by atoms with Crippen molar-refractivity contribution in [1.82, 2.24) is 10.2 Å². The lowest BCUT2D eigenvalue weighted by molar-refractivity contribution is -0.117. The van der Waals surface area contributed by atoms with Gasteiger partial charge in [-0.2, -0.15) is 0 Å². The topological polar surface area (TPSA) is 106 Å². The van der Waals surface area contributed by atoms with Crippen LogP contribution >= 0.6 is 11.3 Å². The Kier molecular flexibility index (Phi) is 3.87. The summed E-state index contributed by atoms with van der Waals surface area (Å²) in [6, 6.07) is 0. The van der Waals surface area contributed by atoms with Crippen LogP contribution in [0.1, 0.15) is 32.2 Å². The van der Waals surface area contributed by atoms with E-state index >= 15 is 0 Å². The van der Waals surface area contributed by atoms with Crippen molar-refractivity contribution in [2.75, 3.05) is 17.2 Å². The molecule has 0 spiro atoms. The predicted molar refractivity (Wildman–Crippen MR) is 77.0 cm³/mol. The molecule has 7 nitrogen and oxygen atoms in total. The third kappa shape index (κ3) is 3.53. The number of sulfonamides is 1. The van der Waals surface area contributed by atoms with Crippen LogP contribution in [0.25, 0.3) is 0 Å². The Bertz CT molecular complexity index is 618. The van der Waals surface area contributed by atoms with Crippen LogP contribution < -0.4 is 10.0 Å². The van der Waals surface area contributed by atoms with E-state index in [1.807, 2.05) is 20.8 Å². The lowest BCUT2D eigenvalue weighted by Crippen LogP contribution is -2.27. The van der Waals surface area contributed by atoms with Gasteiger partial charge in [-0.1, -0.05) is 32.1 Å². The molecule has 0 aliphatic carbocycles. The minimum atomic E-state index is -3.57. The van der Waals surface area contributed by atoms with Crippen molar-refractivity contribution >= 4 is 32.4 Å². The van der Waals surface area contributed by atoms with Gasteiger partial charge in [0.2, 0.25) is 21.1 Å². The summed E-state index contributed by atoms with van der Waals surface area (Å²) < 4.78 is 22.2. The number of carbonyl (C=O) groups excluding carboxylic acids is 1. The zero-order valence-electron chi connectivity index (χ0n) is 11.7. The second kappa shape index (κ2) is 5.05. The van der Waals surface area contributed by atoms with E-state index in [1.165, 1.54) is 16.2 Å². The Morgan fingerprint density at radius 1 is 1.40 bits per heavy atom. The number of hydrogen-bond acceptors (Lipinski definition) is 6. The van der Waals surface area contributed by atoms with E-state index in [4.69, 9.17) is 5.14 Å². The number of rotatable bonds is 3. The van der Waals surface area contributed by atoms with Gasteiger partial charge in [0.25, 0.3) is 0 Å². The Morgan fingerprint density at radius 3 is 2.55 bits per heavy atom. The number of anilines is 1. The van der Waals surface area contributed by atoms with Gasteiger partial charge in [-0.05, 0) is 0 Å². The van der Waals surface area contributed by atoms with E-state index in [0.717, 1.165) is 5.01 Å². The van der Waals surface area contributed by atoms with Crippen LogP contribution in [0, 0.1) is 5.92 Å². The van der Waals surface area contributed by atoms with E-state index in [2.05, 4.69) is 10.2 Å². The van der Waals surface area contributed by atoms with Gasteiger partial charge < -0.3 is 0 Å². The fraction of sp³-hybridized carbons (Fsp3) is 0.727. The molecular formula is C11H18N4O3S2. The fourth-order valence-corrected chi connectivity index (χ4v) is 3.84. The molecule has 1 aromatic rings. The summed E-state index contributed by atoms with van der Waals surface area (Å²) in [5.41, 5.74) is -0.126. The molecule has 1 amide bonds. The summed E-state index contributed by atoms with van der Waals surface area (Å²) in [6.45, 7) is 6.39. The van der Waals surface area contributed by atoms with Crippen molar-refractivity contribution in [3.05, 3.63) is 5.01 Å². The quantitative estimate of drug-likeness (QED) is 0.872. The van der Waals surface area contributed by atoms with Gasteiger partial charge in [0, 0.05) is 24.3 Å². The number of carbonyl (C=O) groups is 1. The molecule has 9 heteroatoms. The van der Waals surface area contributed by atoms with Gasteiger partial charge in [-0.3, -0.25) is 9.69 Å². The SMILES string of the molecule is CC(C)(C)c1nnc(N2CC(CS(N)(=O)=O)CC2=O)s1. The Morgan fingerprint density at radius 2 is 2.05 bits per heavy atom. The monoisotopic (exact) mass is 318 g/mol. The number of amides is 1. The molecule has 2 rings (SSSR count). The summed E-state index contributed by atoms with van der Waals surface area (Å²) in [5.74, 6) is -0.588. The molecule has 0 bridgehead atoms. The standard InChI is InChI=1S/C11H18N4O3S2/c1-11(2,3)9-13-14-10(19-9)15-5-7(4-8(15)16)6-20(12,17)18/h7H,4-6H2,1-3H3,(H2,12,17,18). The zero-order chi connectivity index (χ0) is 15.1. The lowest BCUT2D eigenvalue weighted by Gasteiger charge is -2.14.